The van der Waals surface area contributed by atoms with E-state index in [1.54, 1.807) is 0 Å². The molecule has 17 nitrogen and oxygen atoms in total. The number of halogens is 3. The number of carbonyl (C=O) groups excluding carboxylic acids is 5. The Balaban J connectivity index is 2.50. The van der Waals surface area contributed by atoms with Crippen molar-refractivity contribution in [3.63, 3.8) is 0 Å². The summed E-state index contributed by atoms with van der Waals surface area (Å²) in [7, 11) is 0. The van der Waals surface area contributed by atoms with Gasteiger partial charge in [-0.05, 0) is 24.5 Å². The zero-order valence-electron chi connectivity index (χ0n) is 24.5. The Morgan fingerprint density at radius 3 is 2.06 bits per heavy atom. The van der Waals surface area contributed by atoms with Crippen LogP contribution in [-0.4, -0.2) is 101 Å². The number of amides is 5. The number of nitrogens with zero attached hydrogens (tertiary/aromatic N) is 1. The highest BCUT2D eigenvalue weighted by Gasteiger charge is 2.38. The number of thioether (sulfide) groups is 1. The summed E-state index contributed by atoms with van der Waals surface area (Å²) in [6.07, 6.45) is -5.89. The van der Waals surface area contributed by atoms with E-state index in [0.29, 0.717) is 17.8 Å². The number of aliphatic imine (C=N–C) groups is 1. The van der Waals surface area contributed by atoms with E-state index in [1.165, 1.54) is 6.07 Å². The molecular formula is C26H33F3N8O9S. The topological polar surface area (TPSA) is 284 Å². The highest BCUT2D eigenvalue weighted by Crippen LogP contribution is 2.39. The normalized spacial score (nSPS) is 22.2. The number of nitrogens with two attached hydrogens (primary N) is 2. The third-order valence-corrected chi connectivity index (χ3v) is 7.63. The quantitative estimate of drug-likeness (QED) is 0.0798. The zero-order chi connectivity index (χ0) is 35.3. The number of hydrogen-bond donors (Lipinski definition) is 9. The molecule has 11 N–H and O–H groups in total. The number of alkyl halides is 3. The van der Waals surface area contributed by atoms with E-state index in [2.05, 4.69) is 26.3 Å². The molecule has 5 amide bonds. The Kier molecular flexibility index (Phi) is 14.2. The van der Waals surface area contributed by atoms with Gasteiger partial charge in [-0.1, -0.05) is 18.2 Å². The molecule has 2 rings (SSSR count). The van der Waals surface area contributed by atoms with E-state index >= 15 is 0 Å². The lowest BCUT2D eigenvalue weighted by Crippen LogP contribution is -2.55. The van der Waals surface area contributed by atoms with Gasteiger partial charge in [0.05, 0.1) is 25.1 Å². The number of rotatable bonds is 8. The van der Waals surface area contributed by atoms with E-state index in [4.69, 9.17) is 11.5 Å². The Hall–Kier alpha value is -5.08. The summed E-state index contributed by atoms with van der Waals surface area (Å²) >= 11 is 0.389. The molecule has 0 bridgehead atoms. The Labute approximate surface area is 268 Å². The van der Waals surface area contributed by atoms with E-state index in [1.807, 2.05) is 5.32 Å². The minimum atomic E-state index is -4.94. The largest absolute Gasteiger partial charge is 0.481 e. The van der Waals surface area contributed by atoms with E-state index < -0.39 is 107 Å². The average Bonchev–Trinajstić information content (AvgIpc) is 2.98. The van der Waals surface area contributed by atoms with Crippen LogP contribution in [-0.2, 0) is 39.7 Å². The number of hydrogen-bond acceptors (Lipinski definition) is 9. The molecule has 1 heterocycles. The second kappa shape index (κ2) is 17.6. The van der Waals surface area contributed by atoms with Crippen molar-refractivity contribution in [2.75, 3.05) is 25.4 Å². The van der Waals surface area contributed by atoms with Crippen molar-refractivity contribution in [2.45, 2.75) is 48.8 Å². The molecule has 4 atom stereocenters. The van der Waals surface area contributed by atoms with Gasteiger partial charge in [-0.3, -0.25) is 33.8 Å². The second-order valence-electron chi connectivity index (χ2n) is 9.92. The van der Waals surface area contributed by atoms with Gasteiger partial charge in [0.15, 0.2) is 5.96 Å². The number of benzene rings is 1. The van der Waals surface area contributed by atoms with Crippen LogP contribution in [0.3, 0.4) is 0 Å². The van der Waals surface area contributed by atoms with Crippen LogP contribution in [0.2, 0.25) is 0 Å². The molecule has 0 radical (unpaired) electrons. The zero-order valence-corrected chi connectivity index (χ0v) is 25.3. The Bertz CT molecular complexity index is 1390. The number of carboxylic acids is 2. The summed E-state index contributed by atoms with van der Waals surface area (Å²) < 4.78 is 41.6. The van der Waals surface area contributed by atoms with E-state index in [9.17, 15) is 56.9 Å². The third-order valence-electron chi connectivity index (χ3n) is 6.30. The summed E-state index contributed by atoms with van der Waals surface area (Å²) in [6.45, 7) is -1.57. The number of nitrogens with one attached hydrogen (secondary N) is 5. The van der Waals surface area contributed by atoms with Gasteiger partial charge in [-0.15, -0.1) is 11.8 Å². The molecule has 0 spiro atoms. The van der Waals surface area contributed by atoms with Crippen molar-refractivity contribution in [3.05, 3.63) is 35.4 Å². The van der Waals surface area contributed by atoms with Crippen molar-refractivity contribution < 1.29 is 56.9 Å². The fourth-order valence-corrected chi connectivity index (χ4v) is 5.36. The average molecular weight is 691 g/mol. The van der Waals surface area contributed by atoms with Gasteiger partial charge < -0.3 is 48.3 Å². The van der Waals surface area contributed by atoms with Crippen LogP contribution in [0.25, 0.3) is 0 Å². The smallest absolute Gasteiger partial charge is 0.416 e. The number of aliphatic carboxylic acids is 2. The molecule has 1 saturated heterocycles. The monoisotopic (exact) mass is 690 g/mol. The van der Waals surface area contributed by atoms with Crippen molar-refractivity contribution in [1.29, 1.82) is 0 Å². The van der Waals surface area contributed by atoms with Crippen molar-refractivity contribution in [3.8, 4) is 0 Å². The fourth-order valence-electron chi connectivity index (χ4n) is 4.13. The van der Waals surface area contributed by atoms with Crippen molar-refractivity contribution >= 4 is 59.2 Å². The molecule has 0 saturated carbocycles. The van der Waals surface area contributed by atoms with Gasteiger partial charge in [0.2, 0.25) is 29.5 Å². The summed E-state index contributed by atoms with van der Waals surface area (Å²) in [5.41, 5.74) is 8.74. The minimum Gasteiger partial charge on any atom is -0.481 e. The maximum absolute atomic E-state index is 13.9. The highest BCUT2D eigenvalue weighted by atomic mass is 32.2. The first kappa shape index (κ1) is 38.1. The molecule has 1 aliphatic rings. The molecule has 258 valence electrons. The SMILES string of the molecule is NC(N)=NCCC[C@@H]1NC(=O)CNC(=O)[C@H](c2ccccc2C(F)(F)F)SC[C@@H](C(=O)O)NC(=O)[C@H](CC(=O)O)NC(=O)CNC1=O. The summed E-state index contributed by atoms with van der Waals surface area (Å²) in [5, 5.41) is 28.0. The summed E-state index contributed by atoms with van der Waals surface area (Å²) in [6, 6.07) is -1.10. The molecule has 1 aromatic carbocycles. The molecule has 1 aliphatic heterocycles. The van der Waals surface area contributed by atoms with Crippen molar-refractivity contribution in [1.82, 2.24) is 26.6 Å². The number of carboxylic acid groups (broad SMARTS) is 2. The lowest BCUT2D eigenvalue weighted by atomic mass is 10.0. The summed E-state index contributed by atoms with van der Waals surface area (Å²) in [4.78, 5) is 91.4. The number of carbonyl (C=O) groups is 7. The van der Waals surface area contributed by atoms with Crippen LogP contribution >= 0.6 is 11.8 Å². The molecule has 0 unspecified atom stereocenters. The van der Waals surface area contributed by atoms with Gasteiger partial charge >= 0.3 is 18.1 Å². The minimum absolute atomic E-state index is 0.0417. The summed E-state index contributed by atoms with van der Waals surface area (Å²) in [5.74, 6) is -9.53. The van der Waals surface area contributed by atoms with Gasteiger partial charge in [0.25, 0.3) is 0 Å². The Morgan fingerprint density at radius 1 is 0.894 bits per heavy atom. The van der Waals surface area contributed by atoms with Crippen LogP contribution in [0.5, 0.6) is 0 Å². The van der Waals surface area contributed by atoms with Crippen LogP contribution in [0.1, 0.15) is 35.6 Å². The van der Waals surface area contributed by atoms with Gasteiger partial charge in [0.1, 0.15) is 23.4 Å². The first-order chi connectivity index (χ1) is 22.0. The van der Waals surface area contributed by atoms with Crippen LogP contribution in [0.15, 0.2) is 29.3 Å². The molecule has 0 aromatic heterocycles. The number of guanidine groups is 1. The maximum atomic E-state index is 13.9. The molecule has 0 aliphatic carbocycles. The van der Waals surface area contributed by atoms with Gasteiger partial charge in [-0.25, -0.2) is 4.79 Å². The second-order valence-corrected chi connectivity index (χ2v) is 11.1. The van der Waals surface area contributed by atoms with Crippen molar-refractivity contribution in [2.24, 2.45) is 16.5 Å². The first-order valence-corrected chi connectivity index (χ1v) is 14.8. The van der Waals surface area contributed by atoms with Gasteiger partial charge in [0, 0.05) is 12.3 Å². The molecule has 47 heavy (non-hydrogen) atoms. The molecular weight excluding hydrogens is 657 g/mol. The van der Waals surface area contributed by atoms with Crippen LogP contribution in [0, 0.1) is 0 Å². The Morgan fingerprint density at radius 2 is 1.49 bits per heavy atom. The molecule has 21 heteroatoms. The lowest BCUT2D eigenvalue weighted by Gasteiger charge is -2.25. The predicted molar refractivity (Wildman–Crippen MR) is 158 cm³/mol. The first-order valence-electron chi connectivity index (χ1n) is 13.7. The third kappa shape index (κ3) is 12.7. The fraction of sp³-hybridized carbons (Fsp3) is 0.462. The molecule has 1 fully saturated rings. The lowest BCUT2D eigenvalue weighted by molar-refractivity contribution is -0.143. The van der Waals surface area contributed by atoms with E-state index in [0.717, 1.165) is 12.1 Å². The highest BCUT2D eigenvalue weighted by molar-refractivity contribution is 8.00. The predicted octanol–water partition coefficient (Wildman–Crippen LogP) is -2.21. The van der Waals surface area contributed by atoms with Gasteiger partial charge in [-0.2, -0.15) is 13.2 Å². The van der Waals surface area contributed by atoms with Crippen LogP contribution in [0.4, 0.5) is 13.2 Å². The maximum Gasteiger partial charge on any atom is 0.416 e. The van der Waals surface area contributed by atoms with E-state index in [-0.39, 0.29) is 25.3 Å². The molecule has 1 aromatic rings. The van der Waals surface area contributed by atoms with Crippen LogP contribution < -0.4 is 38.1 Å². The standard InChI is InChI=1S/C26H33F3N8O9S/c27-26(28,29)13-5-2-1-4-12(13)20-23(44)34-10-17(38)35-14(6-3-7-32-25(30)31)21(42)33-9-18(39)36-15(8-19(40)41)22(43)37-16(11-47-20)24(45)46/h1-2,4-5,14-16,20H,3,6-11H2,(H,33,42)(H,34,44)(H,35,38)(H,36,39)(H,37,43)(H,40,41)(H,45,46)(H4,30,31,32)/t14-,15-,16-,20-/m0/s1.